The lowest BCUT2D eigenvalue weighted by Gasteiger charge is -2.18. The Morgan fingerprint density at radius 2 is 2.00 bits per heavy atom. The molecule has 0 bridgehead atoms. The van der Waals surface area contributed by atoms with E-state index in [1.165, 1.54) is 13.2 Å². The van der Waals surface area contributed by atoms with Crippen molar-refractivity contribution >= 4 is 0 Å². The van der Waals surface area contributed by atoms with Crippen LogP contribution < -0.4 is 10.1 Å². The third-order valence-corrected chi connectivity index (χ3v) is 2.91. The fourth-order valence-corrected chi connectivity index (χ4v) is 2.00. The molecular weight excluding hydrogens is 245 g/mol. The Morgan fingerprint density at radius 3 is 2.63 bits per heavy atom. The molecule has 100 valence electrons. The summed E-state index contributed by atoms with van der Waals surface area (Å²) in [4.78, 5) is 8.34. The molecule has 5 heteroatoms. The number of halogens is 1. The van der Waals surface area contributed by atoms with E-state index in [9.17, 15) is 4.39 Å². The minimum Gasteiger partial charge on any atom is -0.480 e. The lowest BCUT2D eigenvalue weighted by atomic mass is 10.0. The molecule has 1 unspecified atom stereocenters. The maximum absolute atomic E-state index is 14.1. The largest absolute Gasteiger partial charge is 0.480 e. The van der Waals surface area contributed by atoms with Gasteiger partial charge in [0, 0.05) is 18.0 Å². The molecule has 19 heavy (non-hydrogen) atoms. The van der Waals surface area contributed by atoms with Gasteiger partial charge in [-0.05, 0) is 25.6 Å². The van der Waals surface area contributed by atoms with Gasteiger partial charge in [-0.1, -0.05) is 12.1 Å². The highest BCUT2D eigenvalue weighted by atomic mass is 19.1. The molecule has 1 aromatic heterocycles. The molecular formula is C14H16FN3O. The molecule has 1 heterocycles. The fraction of sp³-hybridized carbons (Fsp3) is 0.286. The number of rotatable bonds is 4. The SMILES string of the molecule is CNC(c1ccc(C)cc1F)c1nccnc1OC. The van der Waals surface area contributed by atoms with E-state index in [0.717, 1.165) is 5.56 Å². The predicted molar refractivity (Wildman–Crippen MR) is 70.6 cm³/mol. The van der Waals surface area contributed by atoms with Crippen molar-refractivity contribution in [3.8, 4) is 5.88 Å². The van der Waals surface area contributed by atoms with Gasteiger partial charge in [-0.25, -0.2) is 9.37 Å². The topological polar surface area (TPSA) is 47.0 Å². The van der Waals surface area contributed by atoms with Crippen molar-refractivity contribution in [2.75, 3.05) is 14.2 Å². The number of aryl methyl sites for hydroxylation is 1. The molecule has 1 atom stereocenters. The first-order valence-electron chi connectivity index (χ1n) is 5.95. The number of ether oxygens (including phenoxy) is 1. The maximum Gasteiger partial charge on any atom is 0.237 e. The van der Waals surface area contributed by atoms with Crippen molar-refractivity contribution in [2.45, 2.75) is 13.0 Å². The Hall–Kier alpha value is -2.01. The highest BCUT2D eigenvalue weighted by Gasteiger charge is 2.21. The highest BCUT2D eigenvalue weighted by Crippen LogP contribution is 2.28. The first-order chi connectivity index (χ1) is 9.17. The number of nitrogens with one attached hydrogen (secondary N) is 1. The van der Waals surface area contributed by atoms with Gasteiger partial charge in [0.1, 0.15) is 11.5 Å². The van der Waals surface area contributed by atoms with Gasteiger partial charge in [-0.2, -0.15) is 0 Å². The van der Waals surface area contributed by atoms with Crippen LogP contribution in [-0.2, 0) is 0 Å². The zero-order valence-electron chi connectivity index (χ0n) is 11.1. The van der Waals surface area contributed by atoms with E-state index in [2.05, 4.69) is 15.3 Å². The zero-order chi connectivity index (χ0) is 13.8. The monoisotopic (exact) mass is 261 g/mol. The van der Waals surface area contributed by atoms with E-state index in [1.807, 2.05) is 13.0 Å². The Bertz CT molecular complexity index is 574. The Labute approximate surface area is 111 Å². The smallest absolute Gasteiger partial charge is 0.237 e. The molecule has 0 aliphatic heterocycles. The lowest BCUT2D eigenvalue weighted by molar-refractivity contribution is 0.383. The second kappa shape index (κ2) is 5.75. The van der Waals surface area contributed by atoms with E-state index in [-0.39, 0.29) is 5.82 Å². The molecule has 0 aliphatic carbocycles. The van der Waals surface area contributed by atoms with Crippen LogP contribution in [0.25, 0.3) is 0 Å². The van der Waals surface area contributed by atoms with Crippen molar-refractivity contribution in [2.24, 2.45) is 0 Å². The summed E-state index contributed by atoms with van der Waals surface area (Å²) >= 11 is 0. The third kappa shape index (κ3) is 2.71. The molecule has 0 amide bonds. The second-order valence-corrected chi connectivity index (χ2v) is 4.20. The van der Waals surface area contributed by atoms with Gasteiger partial charge < -0.3 is 10.1 Å². The average molecular weight is 261 g/mol. The first-order valence-corrected chi connectivity index (χ1v) is 5.95. The Kier molecular flexibility index (Phi) is 4.06. The van der Waals surface area contributed by atoms with E-state index in [1.54, 1.807) is 25.5 Å². The van der Waals surface area contributed by atoms with Gasteiger partial charge in [0.15, 0.2) is 0 Å². The molecule has 2 aromatic rings. The summed E-state index contributed by atoms with van der Waals surface area (Å²) in [6.07, 6.45) is 3.11. The van der Waals surface area contributed by atoms with Gasteiger partial charge in [0.25, 0.3) is 0 Å². The van der Waals surface area contributed by atoms with Crippen molar-refractivity contribution in [1.82, 2.24) is 15.3 Å². The van der Waals surface area contributed by atoms with Crippen molar-refractivity contribution in [3.63, 3.8) is 0 Å². The summed E-state index contributed by atoms with van der Waals surface area (Å²) in [5, 5.41) is 3.05. The van der Waals surface area contributed by atoms with Crippen molar-refractivity contribution in [3.05, 3.63) is 53.2 Å². The molecule has 4 nitrogen and oxygen atoms in total. The van der Waals surface area contributed by atoms with Crippen LogP contribution in [0.4, 0.5) is 4.39 Å². The number of aromatic nitrogens is 2. The molecule has 0 fully saturated rings. The predicted octanol–water partition coefficient (Wildman–Crippen LogP) is 2.24. The standard InChI is InChI=1S/C14H16FN3O/c1-9-4-5-10(11(15)8-9)12(16-2)13-14(19-3)18-7-6-17-13/h4-8,12,16H,1-3H3. The number of methoxy groups -OCH3 is 1. The van der Waals surface area contributed by atoms with Gasteiger partial charge in [0.2, 0.25) is 5.88 Å². The summed E-state index contributed by atoms with van der Waals surface area (Å²) in [7, 11) is 3.27. The van der Waals surface area contributed by atoms with Crippen LogP contribution in [0.5, 0.6) is 5.88 Å². The minimum atomic E-state index is -0.399. The summed E-state index contributed by atoms with van der Waals surface area (Å²) in [5.74, 6) is 0.119. The minimum absolute atomic E-state index is 0.271. The van der Waals surface area contributed by atoms with Crippen LogP contribution >= 0.6 is 0 Å². The average Bonchev–Trinajstić information content (AvgIpc) is 2.42. The first kappa shape index (κ1) is 13.4. The quantitative estimate of drug-likeness (QED) is 0.917. The number of hydrogen-bond donors (Lipinski definition) is 1. The molecule has 0 saturated carbocycles. The van der Waals surface area contributed by atoms with Gasteiger partial charge in [0.05, 0.1) is 13.2 Å². The van der Waals surface area contributed by atoms with Crippen LogP contribution in [0.1, 0.15) is 22.9 Å². The number of hydrogen-bond acceptors (Lipinski definition) is 4. The third-order valence-electron chi connectivity index (χ3n) is 2.91. The molecule has 1 aromatic carbocycles. The van der Waals surface area contributed by atoms with Crippen LogP contribution in [0.2, 0.25) is 0 Å². The zero-order valence-corrected chi connectivity index (χ0v) is 11.1. The highest BCUT2D eigenvalue weighted by molar-refractivity contribution is 5.35. The fourth-order valence-electron chi connectivity index (χ4n) is 2.00. The Morgan fingerprint density at radius 1 is 1.26 bits per heavy atom. The molecule has 1 N–H and O–H groups in total. The van der Waals surface area contributed by atoms with Gasteiger partial charge in [-0.15, -0.1) is 0 Å². The summed E-state index contributed by atoms with van der Waals surface area (Å²) in [6.45, 7) is 1.85. The molecule has 2 rings (SSSR count). The maximum atomic E-state index is 14.1. The van der Waals surface area contributed by atoms with Crippen LogP contribution in [-0.4, -0.2) is 24.1 Å². The molecule has 0 spiro atoms. The van der Waals surface area contributed by atoms with Crippen molar-refractivity contribution < 1.29 is 9.13 Å². The van der Waals surface area contributed by atoms with Crippen LogP contribution in [0.3, 0.4) is 0 Å². The normalized spacial score (nSPS) is 12.2. The van der Waals surface area contributed by atoms with E-state index < -0.39 is 6.04 Å². The second-order valence-electron chi connectivity index (χ2n) is 4.20. The number of benzene rings is 1. The molecule has 0 saturated heterocycles. The summed E-state index contributed by atoms with van der Waals surface area (Å²) < 4.78 is 19.3. The van der Waals surface area contributed by atoms with E-state index >= 15 is 0 Å². The lowest BCUT2D eigenvalue weighted by Crippen LogP contribution is -2.21. The van der Waals surface area contributed by atoms with Crippen LogP contribution in [0.15, 0.2) is 30.6 Å². The molecule has 0 radical (unpaired) electrons. The molecule has 0 aliphatic rings. The van der Waals surface area contributed by atoms with E-state index in [4.69, 9.17) is 4.74 Å². The summed E-state index contributed by atoms with van der Waals surface area (Å²) in [6, 6.07) is 4.72. The van der Waals surface area contributed by atoms with Crippen molar-refractivity contribution in [1.29, 1.82) is 0 Å². The summed E-state index contributed by atoms with van der Waals surface area (Å²) in [5.41, 5.74) is 1.96. The van der Waals surface area contributed by atoms with Gasteiger partial charge in [-0.3, -0.25) is 4.98 Å². The van der Waals surface area contributed by atoms with E-state index in [0.29, 0.717) is 17.1 Å². The number of nitrogens with zero attached hydrogens (tertiary/aromatic N) is 2. The Balaban J connectivity index is 2.50. The van der Waals surface area contributed by atoms with Crippen LogP contribution in [0, 0.1) is 12.7 Å². The van der Waals surface area contributed by atoms with Gasteiger partial charge >= 0.3 is 0 Å².